The van der Waals surface area contributed by atoms with Crippen LogP contribution in [0.1, 0.15) is 23.7 Å². The maximum Gasteiger partial charge on any atom is 0.206 e. The van der Waals surface area contributed by atoms with Gasteiger partial charge < -0.3 is 5.11 Å². The van der Waals surface area contributed by atoms with Gasteiger partial charge in [-0.3, -0.25) is 4.79 Å². The van der Waals surface area contributed by atoms with Gasteiger partial charge in [0.25, 0.3) is 0 Å². The van der Waals surface area contributed by atoms with Crippen LogP contribution in [-0.2, 0) is 0 Å². The molecule has 3 nitrogen and oxygen atoms in total. The van der Waals surface area contributed by atoms with Crippen LogP contribution in [0.15, 0.2) is 40.1 Å². The lowest BCUT2D eigenvalue weighted by atomic mass is 10.0. The van der Waals surface area contributed by atoms with Gasteiger partial charge in [-0.25, -0.2) is 0 Å². The molecule has 0 aliphatic rings. The van der Waals surface area contributed by atoms with Gasteiger partial charge in [-0.15, -0.1) is 0 Å². The van der Waals surface area contributed by atoms with Crippen LogP contribution in [0.4, 0.5) is 0 Å². The van der Waals surface area contributed by atoms with Crippen molar-refractivity contribution in [2.75, 3.05) is 0 Å². The van der Waals surface area contributed by atoms with E-state index >= 15 is 0 Å². The van der Waals surface area contributed by atoms with E-state index in [1.165, 1.54) is 0 Å². The quantitative estimate of drug-likeness (QED) is 0.399. The number of aliphatic hydroxyl groups excluding tert-OH is 1. The number of carbonyl (C=O) groups excluding carboxylic acids is 1. The van der Waals surface area contributed by atoms with Crippen LogP contribution in [-0.4, -0.2) is 10.9 Å². The summed E-state index contributed by atoms with van der Waals surface area (Å²) in [5.41, 5.74) is 0.199. The molecule has 4 heteroatoms. The standard InChI is InChI=1S/C12H10BrNO2/c1-2-11(15)10(7-14)12(16)8-3-5-9(13)6-4-8/h3-6,15H,2H2,1H3/b11-10-. The summed E-state index contributed by atoms with van der Waals surface area (Å²) in [6, 6.07) is 8.37. The van der Waals surface area contributed by atoms with Crippen LogP contribution in [0.25, 0.3) is 0 Å². The summed E-state index contributed by atoms with van der Waals surface area (Å²) in [6.07, 6.45) is 0.269. The maximum atomic E-state index is 11.8. The van der Waals surface area contributed by atoms with E-state index in [1.807, 2.05) is 0 Å². The molecular weight excluding hydrogens is 270 g/mol. The lowest BCUT2D eigenvalue weighted by Gasteiger charge is -2.01. The Labute approximate surface area is 102 Å². The van der Waals surface area contributed by atoms with Gasteiger partial charge in [0.1, 0.15) is 17.4 Å². The fourth-order valence-electron chi connectivity index (χ4n) is 1.17. The Morgan fingerprint density at radius 3 is 2.44 bits per heavy atom. The number of ketones is 1. The van der Waals surface area contributed by atoms with Gasteiger partial charge in [-0.05, 0) is 24.3 Å². The van der Waals surface area contributed by atoms with Crippen LogP contribution >= 0.6 is 15.9 Å². The molecule has 0 amide bonds. The van der Waals surface area contributed by atoms with Crippen LogP contribution < -0.4 is 0 Å². The molecule has 0 aromatic heterocycles. The van der Waals surface area contributed by atoms with Crippen molar-refractivity contribution in [2.45, 2.75) is 13.3 Å². The molecule has 0 atom stereocenters. The maximum absolute atomic E-state index is 11.8. The number of rotatable bonds is 3. The molecule has 1 N–H and O–H groups in total. The third kappa shape index (κ3) is 2.71. The monoisotopic (exact) mass is 279 g/mol. The molecule has 0 saturated carbocycles. The van der Waals surface area contributed by atoms with E-state index in [4.69, 9.17) is 5.26 Å². The van der Waals surface area contributed by atoms with Crippen molar-refractivity contribution in [3.8, 4) is 6.07 Å². The van der Waals surface area contributed by atoms with Crippen LogP contribution in [0, 0.1) is 11.3 Å². The highest BCUT2D eigenvalue weighted by Crippen LogP contribution is 2.15. The summed E-state index contributed by atoms with van der Waals surface area (Å²) in [5, 5.41) is 18.2. The van der Waals surface area contributed by atoms with E-state index in [0.717, 1.165) is 4.47 Å². The molecule has 0 spiro atoms. The van der Waals surface area contributed by atoms with Gasteiger partial charge >= 0.3 is 0 Å². The van der Waals surface area contributed by atoms with E-state index in [2.05, 4.69) is 15.9 Å². The predicted molar refractivity (Wildman–Crippen MR) is 64.0 cm³/mol. The molecule has 1 aromatic carbocycles. The molecule has 0 fully saturated rings. The molecule has 1 aromatic rings. The van der Waals surface area contributed by atoms with Gasteiger partial charge in [0.15, 0.2) is 0 Å². The van der Waals surface area contributed by atoms with Gasteiger partial charge in [0, 0.05) is 16.5 Å². The van der Waals surface area contributed by atoms with Crippen LogP contribution in [0.5, 0.6) is 0 Å². The molecule has 0 unspecified atom stereocenters. The van der Waals surface area contributed by atoms with Crippen molar-refractivity contribution in [1.29, 1.82) is 5.26 Å². The normalized spacial score (nSPS) is 11.6. The second-order valence-corrected chi connectivity index (χ2v) is 4.04. The molecule has 82 valence electrons. The number of hydrogen-bond acceptors (Lipinski definition) is 3. The third-order valence-corrected chi connectivity index (χ3v) is 2.60. The number of halogens is 1. The summed E-state index contributed by atoms with van der Waals surface area (Å²) < 4.78 is 0.853. The number of benzene rings is 1. The Morgan fingerprint density at radius 2 is 2.00 bits per heavy atom. The fourth-order valence-corrected chi connectivity index (χ4v) is 1.43. The molecular formula is C12H10BrNO2. The molecule has 0 radical (unpaired) electrons. The first-order valence-corrected chi connectivity index (χ1v) is 5.52. The second-order valence-electron chi connectivity index (χ2n) is 3.12. The van der Waals surface area contributed by atoms with Crippen molar-refractivity contribution in [3.05, 3.63) is 45.6 Å². The molecule has 0 heterocycles. The Balaban J connectivity index is 3.12. The highest BCUT2D eigenvalue weighted by atomic mass is 79.9. The van der Waals surface area contributed by atoms with E-state index in [0.29, 0.717) is 5.56 Å². The SMILES string of the molecule is CC/C(O)=C(\C#N)C(=O)c1ccc(Br)cc1. The molecule has 0 bridgehead atoms. The number of nitriles is 1. The van der Waals surface area contributed by atoms with Crippen LogP contribution in [0.2, 0.25) is 0 Å². The summed E-state index contributed by atoms with van der Waals surface area (Å²) in [6.45, 7) is 1.68. The Hall–Kier alpha value is -1.60. The van der Waals surface area contributed by atoms with E-state index in [9.17, 15) is 9.90 Å². The predicted octanol–water partition coefficient (Wildman–Crippen LogP) is 3.38. The smallest absolute Gasteiger partial charge is 0.206 e. The first kappa shape index (κ1) is 12.5. The van der Waals surface area contributed by atoms with Crippen molar-refractivity contribution < 1.29 is 9.90 Å². The zero-order valence-corrected chi connectivity index (χ0v) is 10.3. The Kier molecular flexibility index (Phi) is 4.27. The number of hydrogen-bond donors (Lipinski definition) is 1. The lowest BCUT2D eigenvalue weighted by Crippen LogP contribution is -2.05. The highest BCUT2D eigenvalue weighted by Gasteiger charge is 2.15. The zero-order valence-electron chi connectivity index (χ0n) is 8.70. The first-order valence-electron chi connectivity index (χ1n) is 4.72. The molecule has 0 aliphatic heterocycles. The van der Waals surface area contributed by atoms with Crippen molar-refractivity contribution in [2.24, 2.45) is 0 Å². The molecule has 0 aliphatic carbocycles. The second kappa shape index (κ2) is 5.47. The summed E-state index contributed by atoms with van der Waals surface area (Å²) in [5.74, 6) is -0.621. The zero-order chi connectivity index (χ0) is 12.1. The van der Waals surface area contributed by atoms with Gasteiger partial charge in [0.2, 0.25) is 5.78 Å². The highest BCUT2D eigenvalue weighted by molar-refractivity contribution is 9.10. The number of carbonyl (C=O) groups is 1. The fraction of sp³-hybridized carbons (Fsp3) is 0.167. The number of nitrogens with zero attached hydrogens (tertiary/aromatic N) is 1. The first-order chi connectivity index (χ1) is 7.60. The minimum Gasteiger partial charge on any atom is -0.511 e. The minimum atomic E-state index is -0.450. The van der Waals surface area contributed by atoms with Gasteiger partial charge in [-0.2, -0.15) is 5.26 Å². The van der Waals surface area contributed by atoms with Crippen LogP contribution in [0.3, 0.4) is 0 Å². The number of allylic oxidation sites excluding steroid dienone is 2. The molecule has 0 saturated heterocycles. The van der Waals surface area contributed by atoms with Crippen molar-refractivity contribution in [1.82, 2.24) is 0 Å². The largest absolute Gasteiger partial charge is 0.511 e. The van der Waals surface area contributed by atoms with Gasteiger partial charge in [0.05, 0.1) is 0 Å². The summed E-state index contributed by atoms with van der Waals surface area (Å²) >= 11 is 3.25. The van der Waals surface area contributed by atoms with E-state index in [1.54, 1.807) is 37.3 Å². The number of aliphatic hydroxyl groups is 1. The van der Waals surface area contributed by atoms with Crippen molar-refractivity contribution in [3.63, 3.8) is 0 Å². The third-order valence-electron chi connectivity index (χ3n) is 2.07. The van der Waals surface area contributed by atoms with E-state index in [-0.39, 0.29) is 17.8 Å². The van der Waals surface area contributed by atoms with Gasteiger partial charge in [-0.1, -0.05) is 22.9 Å². The molecule has 16 heavy (non-hydrogen) atoms. The average Bonchev–Trinajstić information content (AvgIpc) is 2.30. The summed E-state index contributed by atoms with van der Waals surface area (Å²) in [4.78, 5) is 11.8. The van der Waals surface area contributed by atoms with E-state index < -0.39 is 5.78 Å². The van der Waals surface area contributed by atoms with Crippen molar-refractivity contribution >= 4 is 21.7 Å². The summed E-state index contributed by atoms with van der Waals surface area (Å²) in [7, 11) is 0. The average molecular weight is 280 g/mol. The Morgan fingerprint density at radius 1 is 1.44 bits per heavy atom. The lowest BCUT2D eigenvalue weighted by molar-refractivity contribution is 0.103. The number of Topliss-reactive ketones (excluding diaryl/α,β-unsaturated/α-hetero) is 1. The Bertz CT molecular complexity index is 469. The topological polar surface area (TPSA) is 61.1 Å². The molecule has 1 rings (SSSR count). The minimum absolute atomic E-state index is 0.171.